The fraction of sp³-hybridized carbons (Fsp3) is 0.258. The highest BCUT2D eigenvalue weighted by atomic mass is 35.5. The molecule has 0 bridgehead atoms. The van der Waals surface area contributed by atoms with E-state index in [1.807, 2.05) is 68.7 Å². The van der Waals surface area contributed by atoms with Gasteiger partial charge in [-0.2, -0.15) is 0 Å². The molecule has 3 aromatic carbocycles. The van der Waals surface area contributed by atoms with Gasteiger partial charge in [-0.1, -0.05) is 47.5 Å². The number of likely N-dealkylation sites (tertiary alicyclic amines) is 1. The van der Waals surface area contributed by atoms with Gasteiger partial charge < -0.3 is 9.64 Å². The van der Waals surface area contributed by atoms with E-state index in [1.54, 1.807) is 16.2 Å². The van der Waals surface area contributed by atoms with Crippen LogP contribution in [0.2, 0.25) is 10.0 Å². The summed E-state index contributed by atoms with van der Waals surface area (Å²) < 4.78 is 7.74. The minimum atomic E-state index is -0.537. The van der Waals surface area contributed by atoms with Crippen LogP contribution in [0, 0.1) is 0 Å². The Morgan fingerprint density at radius 3 is 2.42 bits per heavy atom. The van der Waals surface area contributed by atoms with E-state index in [9.17, 15) is 4.79 Å². The second-order valence-electron chi connectivity index (χ2n) is 11.0. The van der Waals surface area contributed by atoms with Crippen molar-refractivity contribution in [3.8, 4) is 5.69 Å². The maximum atomic E-state index is 12.6. The van der Waals surface area contributed by atoms with Gasteiger partial charge in [0.25, 0.3) is 0 Å². The summed E-state index contributed by atoms with van der Waals surface area (Å²) in [6.07, 6.45) is 1.54. The normalized spacial score (nSPS) is 14.8. The van der Waals surface area contributed by atoms with Gasteiger partial charge in [-0.15, -0.1) is 11.3 Å². The molecule has 5 aromatic rings. The number of nitrogens with zero attached hydrogens (tertiary/aromatic N) is 4. The number of rotatable bonds is 5. The molecule has 1 aliphatic heterocycles. The Morgan fingerprint density at radius 2 is 1.75 bits per heavy atom. The lowest BCUT2D eigenvalue weighted by Gasteiger charge is -2.39. The molecule has 2 aromatic heterocycles. The van der Waals surface area contributed by atoms with Crippen LogP contribution in [-0.2, 0) is 4.74 Å². The molecule has 0 spiro atoms. The zero-order chi connectivity index (χ0) is 28.0. The molecule has 0 saturated carbocycles. The molecule has 9 heteroatoms. The number of carbonyl (C=O) groups excluding carboxylic acids is 1. The minimum absolute atomic E-state index is 0.0563. The van der Waals surface area contributed by atoms with Crippen LogP contribution in [0.3, 0.4) is 0 Å². The number of imidazole rings is 1. The Bertz CT molecular complexity index is 1670. The highest BCUT2D eigenvalue weighted by molar-refractivity contribution is 7.09. The monoisotopic (exact) mass is 590 g/mol. The van der Waals surface area contributed by atoms with Gasteiger partial charge in [0.2, 0.25) is 0 Å². The zero-order valence-corrected chi connectivity index (χ0v) is 24.7. The van der Waals surface area contributed by atoms with Crippen LogP contribution in [0.25, 0.3) is 16.7 Å². The van der Waals surface area contributed by atoms with E-state index >= 15 is 0 Å². The molecule has 0 N–H and O–H groups in total. The van der Waals surface area contributed by atoms with Crippen molar-refractivity contribution < 1.29 is 9.53 Å². The van der Waals surface area contributed by atoms with Crippen LogP contribution in [0.15, 0.2) is 78.3 Å². The summed E-state index contributed by atoms with van der Waals surface area (Å²) in [6, 6.07) is 22.1. The van der Waals surface area contributed by atoms with Crippen LogP contribution >= 0.6 is 34.5 Å². The standard InChI is InChI=1S/C31H28Cl2N4O2S/c1-31(2,3)39-30(38)36-17-21(18-36)28-35-25-12-9-20(15-26(25)37(28)24-6-4-5-23(33)16-24)27(29-34-13-14-40-29)19-7-10-22(32)11-8-19/h4-16,21,27H,17-18H2,1-3H3. The minimum Gasteiger partial charge on any atom is -0.444 e. The summed E-state index contributed by atoms with van der Waals surface area (Å²) in [7, 11) is 0. The van der Waals surface area contributed by atoms with Crippen molar-refractivity contribution in [2.75, 3.05) is 13.1 Å². The van der Waals surface area contributed by atoms with Crippen molar-refractivity contribution >= 4 is 51.7 Å². The fourth-order valence-electron chi connectivity index (χ4n) is 5.08. The predicted octanol–water partition coefficient (Wildman–Crippen LogP) is 8.30. The number of aromatic nitrogens is 3. The molecule has 1 saturated heterocycles. The summed E-state index contributed by atoms with van der Waals surface area (Å²) >= 11 is 14.3. The number of benzene rings is 3. The quantitative estimate of drug-likeness (QED) is 0.206. The molecule has 1 fully saturated rings. The van der Waals surface area contributed by atoms with Crippen LogP contribution in [0.4, 0.5) is 4.79 Å². The molecule has 3 heterocycles. The summed E-state index contributed by atoms with van der Waals surface area (Å²) in [5.41, 5.74) is 4.45. The van der Waals surface area contributed by atoms with E-state index in [0.717, 1.165) is 38.7 Å². The molecular weight excluding hydrogens is 563 g/mol. The van der Waals surface area contributed by atoms with Crippen molar-refractivity contribution in [3.63, 3.8) is 0 Å². The van der Waals surface area contributed by atoms with Crippen molar-refractivity contribution in [2.24, 2.45) is 0 Å². The number of hydrogen-bond acceptors (Lipinski definition) is 5. The number of thiazole rings is 1. The Morgan fingerprint density at radius 1 is 1.00 bits per heavy atom. The Kier molecular flexibility index (Phi) is 7.07. The summed E-state index contributed by atoms with van der Waals surface area (Å²) in [5, 5.41) is 4.34. The van der Waals surface area contributed by atoms with E-state index in [-0.39, 0.29) is 17.9 Å². The molecule has 6 nitrogen and oxygen atoms in total. The van der Waals surface area contributed by atoms with Gasteiger partial charge in [0.1, 0.15) is 16.4 Å². The largest absolute Gasteiger partial charge is 0.444 e. The van der Waals surface area contributed by atoms with E-state index in [2.05, 4.69) is 39.9 Å². The van der Waals surface area contributed by atoms with Gasteiger partial charge in [-0.3, -0.25) is 4.57 Å². The van der Waals surface area contributed by atoms with Gasteiger partial charge in [-0.25, -0.2) is 14.8 Å². The first kappa shape index (κ1) is 26.8. The van der Waals surface area contributed by atoms with Crippen LogP contribution in [0.1, 0.15) is 54.6 Å². The Hall–Kier alpha value is -3.39. The van der Waals surface area contributed by atoms with Gasteiger partial charge in [0, 0.05) is 40.4 Å². The Balaban J connectivity index is 1.44. The predicted molar refractivity (Wildman–Crippen MR) is 161 cm³/mol. The smallest absolute Gasteiger partial charge is 0.410 e. The van der Waals surface area contributed by atoms with E-state index < -0.39 is 5.60 Å². The first-order valence-electron chi connectivity index (χ1n) is 13.1. The van der Waals surface area contributed by atoms with Gasteiger partial charge in [0.05, 0.1) is 22.9 Å². The third-order valence-electron chi connectivity index (χ3n) is 6.90. The first-order valence-corrected chi connectivity index (χ1v) is 14.7. The number of fused-ring (bicyclic) bond motifs is 1. The summed E-state index contributed by atoms with van der Waals surface area (Å²) in [4.78, 5) is 24.1. The average Bonchev–Trinajstić information content (AvgIpc) is 3.51. The van der Waals surface area contributed by atoms with Gasteiger partial charge in [-0.05, 0) is 74.4 Å². The van der Waals surface area contributed by atoms with Crippen LogP contribution in [-0.4, -0.2) is 44.2 Å². The topological polar surface area (TPSA) is 60.2 Å². The third-order valence-corrected chi connectivity index (χ3v) is 8.23. The van der Waals surface area contributed by atoms with Crippen molar-refractivity contribution in [3.05, 3.63) is 110 Å². The summed E-state index contributed by atoms with van der Waals surface area (Å²) in [6.45, 7) is 6.71. The Labute approximate surface area is 247 Å². The fourth-order valence-corrected chi connectivity index (χ4v) is 6.18. The SMILES string of the molecule is CC(C)(C)OC(=O)N1CC(c2nc3ccc(C(c4ccc(Cl)cc4)c4nccs4)cc3n2-c2cccc(Cl)c2)C1. The molecule has 204 valence electrons. The highest BCUT2D eigenvalue weighted by Gasteiger charge is 2.38. The first-order chi connectivity index (χ1) is 19.2. The maximum absolute atomic E-state index is 12.6. The average molecular weight is 592 g/mol. The molecule has 0 aliphatic carbocycles. The third kappa shape index (κ3) is 5.33. The van der Waals surface area contributed by atoms with Crippen molar-refractivity contribution in [1.82, 2.24) is 19.4 Å². The molecular formula is C31H28Cl2N4O2S. The van der Waals surface area contributed by atoms with E-state index in [0.29, 0.717) is 23.1 Å². The lowest BCUT2D eigenvalue weighted by atomic mass is 9.91. The number of hydrogen-bond donors (Lipinski definition) is 0. The zero-order valence-electron chi connectivity index (χ0n) is 22.3. The molecule has 1 atom stereocenters. The van der Waals surface area contributed by atoms with Crippen LogP contribution in [0.5, 0.6) is 0 Å². The van der Waals surface area contributed by atoms with E-state index in [1.165, 1.54) is 0 Å². The van der Waals surface area contributed by atoms with Crippen LogP contribution < -0.4 is 0 Å². The number of amides is 1. The lowest BCUT2D eigenvalue weighted by Crippen LogP contribution is -2.50. The molecule has 6 rings (SSSR count). The van der Waals surface area contributed by atoms with Gasteiger partial charge in [0.15, 0.2) is 0 Å². The second-order valence-corrected chi connectivity index (χ2v) is 12.8. The second kappa shape index (κ2) is 10.5. The molecule has 1 unspecified atom stereocenters. The van der Waals surface area contributed by atoms with E-state index in [4.69, 9.17) is 32.9 Å². The number of carbonyl (C=O) groups is 1. The molecule has 1 amide bonds. The van der Waals surface area contributed by atoms with Crippen molar-refractivity contribution in [2.45, 2.75) is 38.2 Å². The molecule has 0 radical (unpaired) electrons. The number of ether oxygens (including phenoxy) is 1. The molecule has 40 heavy (non-hydrogen) atoms. The summed E-state index contributed by atoms with van der Waals surface area (Å²) in [5.74, 6) is 0.902. The maximum Gasteiger partial charge on any atom is 0.410 e. The highest BCUT2D eigenvalue weighted by Crippen LogP contribution is 2.38. The lowest BCUT2D eigenvalue weighted by molar-refractivity contribution is 0.00745. The van der Waals surface area contributed by atoms with Gasteiger partial charge >= 0.3 is 6.09 Å². The number of halogens is 2. The molecule has 1 aliphatic rings. The van der Waals surface area contributed by atoms with Crippen molar-refractivity contribution in [1.29, 1.82) is 0 Å².